The van der Waals surface area contributed by atoms with E-state index < -0.39 is 17.5 Å². The van der Waals surface area contributed by atoms with Gasteiger partial charge in [-0.3, -0.25) is 9.69 Å². The first-order chi connectivity index (χ1) is 14.9. The summed E-state index contributed by atoms with van der Waals surface area (Å²) in [5.74, 6) is -0.217. The third-order valence-corrected chi connectivity index (χ3v) is 5.44. The molecule has 1 aliphatic heterocycles. The van der Waals surface area contributed by atoms with Crippen LogP contribution in [0.3, 0.4) is 0 Å². The number of nitrogens with zero attached hydrogens (tertiary/aromatic N) is 1. The van der Waals surface area contributed by atoms with Crippen LogP contribution in [0.1, 0.15) is 33.0 Å². The Morgan fingerprint density at radius 3 is 2.35 bits per heavy atom. The maximum atomic E-state index is 13.6. The second-order valence-electron chi connectivity index (χ2n) is 7.43. The van der Waals surface area contributed by atoms with Crippen molar-refractivity contribution in [1.82, 2.24) is 10.2 Å². The number of imide groups is 1. The van der Waals surface area contributed by atoms with E-state index in [0.717, 1.165) is 10.5 Å². The number of carbonyl (C=O) groups excluding carboxylic acids is 3. The highest BCUT2D eigenvalue weighted by Gasteiger charge is 2.52. The van der Waals surface area contributed by atoms with Crippen LogP contribution < -0.4 is 5.32 Å². The third kappa shape index (κ3) is 3.70. The molecule has 0 bridgehead atoms. The standard InChI is InChI=1S/C24H22N2O5/c1-16-20(21(27)30-2)13-19(31-16)15-26-22(28)24(25-23(26)29,18-11-7-4-8-12-18)14-17-9-5-3-6-10-17/h3-13H,14-15H2,1-2H3,(H,25,29)/t24-/m1/s1. The summed E-state index contributed by atoms with van der Waals surface area (Å²) in [6, 6.07) is 19.7. The molecule has 1 N–H and O–H groups in total. The van der Waals surface area contributed by atoms with Crippen LogP contribution >= 0.6 is 0 Å². The molecule has 3 amide bonds. The van der Waals surface area contributed by atoms with Gasteiger partial charge in [0.25, 0.3) is 5.91 Å². The minimum atomic E-state index is -1.23. The summed E-state index contributed by atoms with van der Waals surface area (Å²) in [6.07, 6.45) is 0.309. The van der Waals surface area contributed by atoms with Crippen LogP contribution in [0.15, 0.2) is 71.1 Å². The van der Waals surface area contributed by atoms with Gasteiger partial charge in [-0.25, -0.2) is 9.59 Å². The zero-order valence-corrected chi connectivity index (χ0v) is 17.3. The average molecular weight is 418 g/mol. The second-order valence-corrected chi connectivity index (χ2v) is 7.43. The second kappa shape index (κ2) is 8.10. The monoisotopic (exact) mass is 418 g/mol. The van der Waals surface area contributed by atoms with E-state index in [1.54, 1.807) is 6.92 Å². The van der Waals surface area contributed by atoms with Crippen molar-refractivity contribution in [1.29, 1.82) is 0 Å². The Hall–Kier alpha value is -3.87. The Morgan fingerprint density at radius 2 is 1.71 bits per heavy atom. The zero-order valence-electron chi connectivity index (χ0n) is 17.3. The minimum Gasteiger partial charge on any atom is -0.465 e. The van der Waals surface area contributed by atoms with Crippen molar-refractivity contribution in [3.05, 3.63) is 94.9 Å². The van der Waals surface area contributed by atoms with Crippen molar-refractivity contribution in [3.63, 3.8) is 0 Å². The molecule has 1 aliphatic rings. The van der Waals surface area contributed by atoms with Crippen LogP contribution in [0.2, 0.25) is 0 Å². The number of benzene rings is 2. The van der Waals surface area contributed by atoms with Gasteiger partial charge in [0.2, 0.25) is 0 Å². The molecule has 3 aromatic rings. The summed E-state index contributed by atoms with van der Waals surface area (Å²) in [4.78, 5) is 39.5. The van der Waals surface area contributed by atoms with E-state index in [0.29, 0.717) is 23.5 Å². The first-order valence-corrected chi connectivity index (χ1v) is 9.86. The Balaban J connectivity index is 1.68. The lowest BCUT2D eigenvalue weighted by atomic mass is 9.83. The first kappa shape index (κ1) is 20.4. The number of furan rings is 1. The molecule has 7 nitrogen and oxygen atoms in total. The van der Waals surface area contributed by atoms with Crippen LogP contribution in [0.25, 0.3) is 0 Å². The van der Waals surface area contributed by atoms with Gasteiger partial charge in [0.05, 0.1) is 13.7 Å². The van der Waals surface area contributed by atoms with Crippen molar-refractivity contribution < 1.29 is 23.5 Å². The molecule has 158 valence electrons. The molecule has 2 heterocycles. The highest BCUT2D eigenvalue weighted by atomic mass is 16.5. The molecule has 1 atom stereocenters. The van der Waals surface area contributed by atoms with E-state index in [1.807, 2.05) is 60.7 Å². The van der Waals surface area contributed by atoms with E-state index in [2.05, 4.69) is 5.32 Å². The smallest absolute Gasteiger partial charge is 0.341 e. The molecule has 0 radical (unpaired) electrons. The molecule has 1 fully saturated rings. The van der Waals surface area contributed by atoms with Crippen molar-refractivity contribution in [3.8, 4) is 0 Å². The molecular weight excluding hydrogens is 396 g/mol. The molecular formula is C24H22N2O5. The molecule has 4 rings (SSSR count). The number of esters is 1. The quantitative estimate of drug-likeness (QED) is 0.488. The Morgan fingerprint density at radius 1 is 1.06 bits per heavy atom. The number of hydrogen-bond donors (Lipinski definition) is 1. The summed E-state index contributed by atoms with van der Waals surface area (Å²) in [6.45, 7) is 1.54. The van der Waals surface area contributed by atoms with Gasteiger partial charge in [-0.1, -0.05) is 60.7 Å². The number of rotatable bonds is 6. The van der Waals surface area contributed by atoms with Crippen molar-refractivity contribution in [2.45, 2.75) is 25.4 Å². The first-order valence-electron chi connectivity index (χ1n) is 9.86. The van der Waals surface area contributed by atoms with E-state index in [4.69, 9.17) is 9.15 Å². The maximum absolute atomic E-state index is 13.6. The normalized spacial score (nSPS) is 18.2. The van der Waals surface area contributed by atoms with E-state index in [9.17, 15) is 14.4 Å². The number of methoxy groups -OCH3 is 1. The van der Waals surface area contributed by atoms with Crippen molar-refractivity contribution in [2.75, 3.05) is 7.11 Å². The van der Waals surface area contributed by atoms with E-state index in [-0.39, 0.29) is 18.0 Å². The predicted octanol–water partition coefficient (Wildman–Crippen LogP) is 3.56. The van der Waals surface area contributed by atoms with Gasteiger partial charge in [-0.05, 0) is 24.1 Å². The highest BCUT2D eigenvalue weighted by Crippen LogP contribution is 2.34. The summed E-state index contributed by atoms with van der Waals surface area (Å²) >= 11 is 0. The lowest BCUT2D eigenvalue weighted by molar-refractivity contribution is -0.132. The summed E-state index contributed by atoms with van der Waals surface area (Å²) < 4.78 is 10.4. The van der Waals surface area contributed by atoms with Gasteiger partial charge in [0.15, 0.2) is 5.54 Å². The summed E-state index contributed by atoms with van der Waals surface area (Å²) in [7, 11) is 1.28. The molecule has 7 heteroatoms. The van der Waals surface area contributed by atoms with E-state index in [1.165, 1.54) is 13.2 Å². The molecule has 0 saturated carbocycles. The summed E-state index contributed by atoms with van der Waals surface area (Å²) in [5.41, 5.74) is 0.657. The fourth-order valence-corrected chi connectivity index (χ4v) is 3.90. The number of hydrogen-bond acceptors (Lipinski definition) is 5. The lowest BCUT2D eigenvalue weighted by Crippen LogP contribution is -2.46. The number of ether oxygens (including phenoxy) is 1. The van der Waals surface area contributed by atoms with Gasteiger partial charge in [0, 0.05) is 6.42 Å². The maximum Gasteiger partial charge on any atom is 0.341 e. The molecule has 0 unspecified atom stereocenters. The topological polar surface area (TPSA) is 88.9 Å². The van der Waals surface area contributed by atoms with Gasteiger partial charge in [0.1, 0.15) is 17.1 Å². The molecule has 1 saturated heterocycles. The Bertz CT molecular complexity index is 1120. The fraction of sp³-hybridized carbons (Fsp3) is 0.208. The van der Waals surface area contributed by atoms with Gasteiger partial charge in [-0.2, -0.15) is 0 Å². The molecule has 31 heavy (non-hydrogen) atoms. The Kier molecular flexibility index (Phi) is 5.33. The SMILES string of the molecule is COC(=O)c1cc(CN2C(=O)N[C@](Cc3ccccc3)(c3ccccc3)C2=O)oc1C. The van der Waals surface area contributed by atoms with Crippen LogP contribution in [-0.2, 0) is 28.0 Å². The van der Waals surface area contributed by atoms with Crippen LogP contribution in [0.5, 0.6) is 0 Å². The molecule has 0 aliphatic carbocycles. The van der Waals surface area contributed by atoms with Gasteiger partial charge < -0.3 is 14.5 Å². The largest absolute Gasteiger partial charge is 0.465 e. The molecule has 0 spiro atoms. The Labute approximate surface area is 179 Å². The lowest BCUT2D eigenvalue weighted by Gasteiger charge is -2.27. The number of nitrogens with one attached hydrogen (secondary N) is 1. The average Bonchev–Trinajstić information content (AvgIpc) is 3.27. The molecule has 2 aromatic carbocycles. The minimum absolute atomic E-state index is 0.0914. The highest BCUT2D eigenvalue weighted by molar-refractivity contribution is 6.07. The zero-order chi connectivity index (χ0) is 22.0. The van der Waals surface area contributed by atoms with Crippen molar-refractivity contribution >= 4 is 17.9 Å². The summed E-state index contributed by atoms with van der Waals surface area (Å²) in [5, 5.41) is 2.91. The number of urea groups is 1. The van der Waals surface area contributed by atoms with Crippen molar-refractivity contribution in [2.24, 2.45) is 0 Å². The fourth-order valence-electron chi connectivity index (χ4n) is 3.90. The van der Waals surface area contributed by atoms with Crippen LogP contribution in [0.4, 0.5) is 4.79 Å². The number of carbonyl (C=O) groups is 3. The van der Waals surface area contributed by atoms with Crippen LogP contribution in [0, 0.1) is 6.92 Å². The van der Waals surface area contributed by atoms with Crippen LogP contribution in [-0.4, -0.2) is 29.9 Å². The number of amides is 3. The number of aryl methyl sites for hydroxylation is 1. The third-order valence-electron chi connectivity index (χ3n) is 5.44. The van der Waals surface area contributed by atoms with E-state index >= 15 is 0 Å². The van der Waals surface area contributed by atoms with Gasteiger partial charge in [-0.15, -0.1) is 0 Å². The predicted molar refractivity (Wildman–Crippen MR) is 112 cm³/mol. The molecule has 1 aromatic heterocycles. The van der Waals surface area contributed by atoms with Gasteiger partial charge >= 0.3 is 12.0 Å².